The molecule has 4 nitrogen and oxygen atoms in total. The van der Waals surface area contributed by atoms with Gasteiger partial charge in [-0.3, -0.25) is 4.79 Å². The van der Waals surface area contributed by atoms with E-state index < -0.39 is 0 Å². The van der Waals surface area contributed by atoms with Crippen LogP contribution < -0.4 is 9.47 Å². The Morgan fingerprint density at radius 2 is 1.96 bits per heavy atom. The molecule has 1 aromatic rings. The molecule has 4 aliphatic rings. The van der Waals surface area contributed by atoms with Crippen molar-refractivity contribution in [2.45, 2.75) is 43.6 Å². The van der Waals surface area contributed by atoms with Gasteiger partial charge in [0.05, 0.1) is 14.2 Å². The summed E-state index contributed by atoms with van der Waals surface area (Å²) in [4.78, 5) is 15.1. The number of ketones is 1. The van der Waals surface area contributed by atoms with Crippen molar-refractivity contribution in [2.24, 2.45) is 11.8 Å². The monoisotopic (exact) mass is 329 g/mol. The lowest BCUT2D eigenvalue weighted by atomic mass is 9.57. The van der Waals surface area contributed by atoms with E-state index in [9.17, 15) is 4.79 Å². The predicted octanol–water partition coefficient (Wildman–Crippen LogP) is 3.03. The normalized spacial score (nSPS) is 35.6. The molecule has 5 rings (SSSR count). The number of carbonyl (C=O) groups is 1. The summed E-state index contributed by atoms with van der Waals surface area (Å²) in [6, 6.07) is 6.73. The Hall–Kier alpha value is -1.55. The number of Topliss-reactive ketones (excluding diaryl/α,β-unsaturated/α-hetero) is 1. The van der Waals surface area contributed by atoms with Gasteiger partial charge < -0.3 is 14.4 Å². The Kier molecular flexibility index (Phi) is 3.83. The summed E-state index contributed by atoms with van der Waals surface area (Å²) in [5.74, 6) is 2.72. The molecule has 1 saturated heterocycles. The molecule has 1 aliphatic heterocycles. The minimum Gasteiger partial charge on any atom is -0.493 e. The highest BCUT2D eigenvalue weighted by atomic mass is 16.5. The summed E-state index contributed by atoms with van der Waals surface area (Å²) in [7, 11) is 5.57. The number of fused-ring (bicyclic) bond motifs is 3. The fourth-order valence-electron chi connectivity index (χ4n) is 5.85. The number of benzene rings is 1. The topological polar surface area (TPSA) is 38.8 Å². The molecule has 0 amide bonds. The molecule has 1 aromatic carbocycles. The van der Waals surface area contributed by atoms with Gasteiger partial charge in [0.25, 0.3) is 0 Å². The summed E-state index contributed by atoms with van der Waals surface area (Å²) >= 11 is 0. The molecular weight excluding hydrogens is 302 g/mol. The molecule has 4 fully saturated rings. The first kappa shape index (κ1) is 15.9. The van der Waals surface area contributed by atoms with Crippen LogP contribution in [0, 0.1) is 11.8 Å². The third-order valence-corrected chi connectivity index (χ3v) is 6.84. The summed E-state index contributed by atoms with van der Waals surface area (Å²) < 4.78 is 11.0. The van der Waals surface area contributed by atoms with Gasteiger partial charge in [-0.25, -0.2) is 0 Å². The lowest BCUT2D eigenvalue weighted by Crippen LogP contribution is -2.55. The molecule has 130 valence electrons. The summed E-state index contributed by atoms with van der Waals surface area (Å²) in [5.41, 5.74) is 1.42. The number of likely N-dealkylation sites (tertiary alicyclic amines) is 1. The molecule has 0 N–H and O–H groups in total. The largest absolute Gasteiger partial charge is 0.493 e. The number of carbonyl (C=O) groups excluding carboxylic acids is 1. The van der Waals surface area contributed by atoms with Gasteiger partial charge in [-0.15, -0.1) is 0 Å². The minimum atomic E-state index is 0.0867. The summed E-state index contributed by atoms with van der Waals surface area (Å²) in [6.07, 6.45) is 5.29. The second-order valence-corrected chi connectivity index (χ2v) is 7.69. The molecule has 1 heterocycles. The number of ether oxygens (including phenoxy) is 2. The number of hydrogen-bond donors (Lipinski definition) is 0. The predicted molar refractivity (Wildman–Crippen MR) is 92.7 cm³/mol. The molecule has 0 unspecified atom stereocenters. The van der Waals surface area contributed by atoms with E-state index >= 15 is 0 Å². The maximum absolute atomic E-state index is 12.7. The molecule has 4 heteroatoms. The fraction of sp³-hybridized carbons (Fsp3) is 0.650. The van der Waals surface area contributed by atoms with Crippen molar-refractivity contribution in [2.75, 3.05) is 27.8 Å². The van der Waals surface area contributed by atoms with Gasteiger partial charge in [0.1, 0.15) is 5.78 Å². The highest BCUT2D eigenvalue weighted by Gasteiger charge is 2.60. The van der Waals surface area contributed by atoms with Crippen LogP contribution in [0.1, 0.15) is 37.7 Å². The van der Waals surface area contributed by atoms with E-state index in [0.717, 1.165) is 37.3 Å². The van der Waals surface area contributed by atoms with Crippen molar-refractivity contribution in [3.05, 3.63) is 23.8 Å². The Bertz CT molecular complexity index is 658. The van der Waals surface area contributed by atoms with E-state index in [-0.39, 0.29) is 11.3 Å². The molecule has 4 atom stereocenters. The number of methoxy groups -OCH3 is 2. The smallest absolute Gasteiger partial charge is 0.161 e. The van der Waals surface area contributed by atoms with E-state index in [1.807, 2.05) is 6.07 Å². The first-order chi connectivity index (χ1) is 11.6. The standard InChI is InChI=1S/C20H27NO3/c1-21-10-9-20(14-7-8-17(23-2)18(12-14)24-3)13-5-4-6-15(19(20)21)16(22)11-13/h7-8,12-13,15,19H,4-6,9-11H2,1-3H3/t13-,15+,19-,20+/m0/s1. The second kappa shape index (κ2) is 5.76. The zero-order valence-corrected chi connectivity index (χ0v) is 14.9. The average molecular weight is 329 g/mol. The van der Waals surface area contributed by atoms with Crippen LogP contribution >= 0.6 is 0 Å². The van der Waals surface area contributed by atoms with Crippen LogP contribution in [0.2, 0.25) is 0 Å². The number of rotatable bonds is 3. The Labute approximate surface area is 144 Å². The van der Waals surface area contributed by atoms with E-state index in [4.69, 9.17) is 9.47 Å². The van der Waals surface area contributed by atoms with Crippen LogP contribution in [0.25, 0.3) is 0 Å². The highest BCUT2D eigenvalue weighted by Crippen LogP contribution is 2.57. The zero-order valence-electron chi connectivity index (χ0n) is 14.9. The molecule has 2 bridgehead atoms. The number of likely N-dealkylation sites (N-methyl/N-ethyl adjacent to an activating group) is 1. The van der Waals surface area contributed by atoms with Gasteiger partial charge in [0.2, 0.25) is 0 Å². The maximum Gasteiger partial charge on any atom is 0.161 e. The Balaban J connectivity index is 1.86. The maximum atomic E-state index is 12.7. The van der Waals surface area contributed by atoms with Gasteiger partial charge in [-0.1, -0.05) is 12.5 Å². The van der Waals surface area contributed by atoms with Gasteiger partial charge in [0, 0.05) is 23.8 Å². The molecular formula is C20H27NO3. The van der Waals surface area contributed by atoms with Crippen LogP contribution in [0.5, 0.6) is 11.5 Å². The van der Waals surface area contributed by atoms with Crippen LogP contribution in [-0.2, 0) is 10.2 Å². The quantitative estimate of drug-likeness (QED) is 0.854. The van der Waals surface area contributed by atoms with Gasteiger partial charge >= 0.3 is 0 Å². The number of nitrogens with zero attached hydrogens (tertiary/aromatic N) is 1. The molecule has 0 spiro atoms. The van der Waals surface area contributed by atoms with Crippen LogP contribution in [0.15, 0.2) is 18.2 Å². The van der Waals surface area contributed by atoms with E-state index in [2.05, 4.69) is 24.1 Å². The van der Waals surface area contributed by atoms with E-state index in [0.29, 0.717) is 17.7 Å². The third kappa shape index (κ3) is 2.05. The van der Waals surface area contributed by atoms with Gasteiger partial charge in [-0.05, 0) is 56.5 Å². The molecule has 0 aromatic heterocycles. The van der Waals surface area contributed by atoms with Crippen LogP contribution in [0.4, 0.5) is 0 Å². The summed E-state index contributed by atoms with van der Waals surface area (Å²) in [6.45, 7) is 1.07. The lowest BCUT2D eigenvalue weighted by Gasteiger charge is -2.48. The zero-order chi connectivity index (χ0) is 16.9. The van der Waals surface area contributed by atoms with Crippen molar-refractivity contribution in [1.29, 1.82) is 0 Å². The SMILES string of the molecule is COc1ccc([C@]23CCN(C)[C@H]2[C@@H]2CCC[C@H]3CC2=O)cc1OC. The average Bonchev–Trinajstić information content (AvgIpc) is 2.75. The van der Waals surface area contributed by atoms with Crippen molar-refractivity contribution >= 4 is 5.78 Å². The molecule has 0 radical (unpaired) electrons. The van der Waals surface area contributed by atoms with Crippen molar-refractivity contribution in [3.63, 3.8) is 0 Å². The van der Waals surface area contributed by atoms with Crippen molar-refractivity contribution in [1.82, 2.24) is 4.90 Å². The van der Waals surface area contributed by atoms with Crippen molar-refractivity contribution < 1.29 is 14.3 Å². The first-order valence-electron chi connectivity index (χ1n) is 9.07. The third-order valence-electron chi connectivity index (χ3n) is 6.84. The minimum absolute atomic E-state index is 0.0867. The van der Waals surface area contributed by atoms with Gasteiger partial charge in [-0.2, -0.15) is 0 Å². The first-order valence-corrected chi connectivity index (χ1v) is 9.07. The van der Waals surface area contributed by atoms with Gasteiger partial charge in [0.15, 0.2) is 11.5 Å². The van der Waals surface area contributed by atoms with E-state index in [1.54, 1.807) is 14.2 Å². The fourth-order valence-corrected chi connectivity index (χ4v) is 5.85. The highest BCUT2D eigenvalue weighted by molar-refractivity contribution is 5.84. The Morgan fingerprint density at radius 3 is 2.71 bits per heavy atom. The molecule has 3 saturated carbocycles. The summed E-state index contributed by atoms with van der Waals surface area (Å²) in [5, 5.41) is 0. The lowest BCUT2D eigenvalue weighted by molar-refractivity contribution is -0.130. The van der Waals surface area contributed by atoms with E-state index in [1.165, 1.54) is 18.4 Å². The molecule has 24 heavy (non-hydrogen) atoms. The van der Waals surface area contributed by atoms with Crippen LogP contribution in [-0.4, -0.2) is 44.5 Å². The number of hydrogen-bond acceptors (Lipinski definition) is 4. The second-order valence-electron chi connectivity index (χ2n) is 7.69. The van der Waals surface area contributed by atoms with Crippen LogP contribution in [0.3, 0.4) is 0 Å². The molecule has 3 aliphatic carbocycles. The van der Waals surface area contributed by atoms with Crippen molar-refractivity contribution in [3.8, 4) is 11.5 Å². The Morgan fingerprint density at radius 1 is 1.17 bits per heavy atom.